The predicted octanol–water partition coefficient (Wildman–Crippen LogP) is 4.53. The Balaban J connectivity index is 2.09. The molecule has 1 saturated carbocycles. The van der Waals surface area contributed by atoms with E-state index in [-0.39, 0.29) is 22.5 Å². The molecular weight excluding hydrogens is 288 g/mol. The monoisotopic (exact) mass is 316 g/mol. The normalized spacial score (nSPS) is 43.6. The van der Waals surface area contributed by atoms with Crippen molar-refractivity contribution in [1.82, 2.24) is 0 Å². The van der Waals surface area contributed by atoms with Gasteiger partial charge in [0.05, 0.1) is 5.41 Å². The molecule has 0 aromatic rings. The molecule has 0 saturated heterocycles. The third-order valence-electron chi connectivity index (χ3n) is 7.22. The fraction of sp³-hybridized carbons (Fsp3) is 0.700. The molecule has 0 aromatic heterocycles. The van der Waals surface area contributed by atoms with Gasteiger partial charge in [-0.25, -0.2) is 0 Å². The maximum Gasteiger partial charge on any atom is 0.309 e. The summed E-state index contributed by atoms with van der Waals surface area (Å²) in [5, 5.41) is 9.81. The Morgan fingerprint density at radius 3 is 2.57 bits per heavy atom. The Labute approximate surface area is 138 Å². The van der Waals surface area contributed by atoms with Crippen LogP contribution >= 0.6 is 0 Å². The third-order valence-corrected chi connectivity index (χ3v) is 7.22. The number of hydrogen-bond donors (Lipinski definition) is 1. The Kier molecular flexibility index (Phi) is 3.62. The van der Waals surface area contributed by atoms with Crippen LogP contribution in [0.15, 0.2) is 23.8 Å². The van der Waals surface area contributed by atoms with Gasteiger partial charge in [0, 0.05) is 6.42 Å². The average Bonchev–Trinajstić information content (AvgIpc) is 2.50. The summed E-state index contributed by atoms with van der Waals surface area (Å²) in [6.07, 6.45) is 7.70. The highest BCUT2D eigenvalue weighted by Crippen LogP contribution is 2.62. The van der Waals surface area contributed by atoms with Crippen molar-refractivity contribution in [1.29, 1.82) is 0 Å². The number of fused-ring (bicyclic) bond motifs is 2. The second-order valence-electron chi connectivity index (χ2n) is 8.67. The van der Waals surface area contributed by atoms with Crippen LogP contribution in [-0.2, 0) is 9.59 Å². The van der Waals surface area contributed by atoms with Crippen LogP contribution in [0.3, 0.4) is 0 Å². The van der Waals surface area contributed by atoms with Crippen LogP contribution in [0.25, 0.3) is 0 Å². The first-order valence-electron chi connectivity index (χ1n) is 8.79. The van der Waals surface area contributed by atoms with E-state index < -0.39 is 11.4 Å². The van der Waals surface area contributed by atoms with Gasteiger partial charge in [-0.1, -0.05) is 31.9 Å². The smallest absolute Gasteiger partial charge is 0.309 e. The summed E-state index contributed by atoms with van der Waals surface area (Å²) in [5.41, 5.74) is 1.36. The topological polar surface area (TPSA) is 54.4 Å². The van der Waals surface area contributed by atoms with Gasteiger partial charge in [0.15, 0.2) is 5.78 Å². The van der Waals surface area contributed by atoms with Crippen molar-refractivity contribution in [2.45, 2.75) is 65.7 Å². The molecule has 0 amide bonds. The summed E-state index contributed by atoms with van der Waals surface area (Å²) in [6, 6.07) is 0. The third kappa shape index (κ3) is 2.23. The molecule has 0 spiro atoms. The van der Waals surface area contributed by atoms with Gasteiger partial charge >= 0.3 is 5.97 Å². The lowest BCUT2D eigenvalue weighted by Crippen LogP contribution is -2.53. The highest BCUT2D eigenvalue weighted by Gasteiger charge is 2.58. The minimum absolute atomic E-state index is 0.00244. The fourth-order valence-corrected chi connectivity index (χ4v) is 5.48. The highest BCUT2D eigenvalue weighted by atomic mass is 16.4. The molecule has 23 heavy (non-hydrogen) atoms. The van der Waals surface area contributed by atoms with Crippen molar-refractivity contribution in [2.24, 2.45) is 22.2 Å². The van der Waals surface area contributed by atoms with Crippen molar-refractivity contribution in [3.8, 4) is 0 Å². The molecule has 0 aromatic carbocycles. The van der Waals surface area contributed by atoms with Gasteiger partial charge in [-0.3, -0.25) is 9.59 Å². The molecule has 4 atom stereocenters. The van der Waals surface area contributed by atoms with Gasteiger partial charge in [0.25, 0.3) is 0 Å². The Bertz CT molecular complexity index is 616. The van der Waals surface area contributed by atoms with Crippen LogP contribution in [0, 0.1) is 22.2 Å². The summed E-state index contributed by atoms with van der Waals surface area (Å²) in [7, 11) is 0. The molecule has 3 aliphatic carbocycles. The zero-order valence-electron chi connectivity index (χ0n) is 14.6. The maximum atomic E-state index is 12.9. The number of allylic oxidation sites excluding steroid dienone is 3. The minimum Gasteiger partial charge on any atom is -0.481 e. The molecular formula is C20H28O3. The molecule has 3 heteroatoms. The lowest BCUT2D eigenvalue weighted by Gasteiger charge is -2.55. The van der Waals surface area contributed by atoms with Gasteiger partial charge in [-0.05, 0) is 61.3 Å². The van der Waals surface area contributed by atoms with E-state index in [9.17, 15) is 14.7 Å². The fourth-order valence-electron chi connectivity index (χ4n) is 5.48. The van der Waals surface area contributed by atoms with Crippen molar-refractivity contribution >= 4 is 11.8 Å². The second-order valence-corrected chi connectivity index (χ2v) is 8.67. The number of Topliss-reactive ketones (excluding diaryl/α,β-unsaturated/α-hetero) is 1. The largest absolute Gasteiger partial charge is 0.481 e. The van der Waals surface area contributed by atoms with Crippen LogP contribution in [0.1, 0.15) is 65.7 Å². The first-order chi connectivity index (χ1) is 10.7. The van der Waals surface area contributed by atoms with E-state index in [2.05, 4.69) is 20.4 Å². The molecule has 0 radical (unpaired) electrons. The number of carbonyl (C=O) groups excluding carboxylic acids is 1. The molecule has 3 aliphatic rings. The standard InChI is InChI=1S/C20H28O3/c1-5-18(2)10-7-14-13(12-18)15(21)11-16-19(14,3)8-6-9-20(16,4)17(22)23/h5,16H,1,6-12H2,2-4H3,(H,22,23)/t16-,18-,19+,20+/m0/s1. The van der Waals surface area contributed by atoms with E-state index >= 15 is 0 Å². The SMILES string of the molecule is C=C[C@@]1(C)CCC2=C(C1)C(=O)C[C@@H]1[C@](C)(C(=O)O)CCC[C@]21C. The summed E-state index contributed by atoms with van der Waals surface area (Å²) in [5.74, 6) is -0.623. The molecule has 0 unspecified atom stereocenters. The van der Waals surface area contributed by atoms with Gasteiger partial charge in [0.1, 0.15) is 0 Å². The van der Waals surface area contributed by atoms with E-state index in [0.717, 1.165) is 37.7 Å². The van der Waals surface area contributed by atoms with Gasteiger partial charge in [0.2, 0.25) is 0 Å². The van der Waals surface area contributed by atoms with E-state index in [4.69, 9.17) is 0 Å². The number of carboxylic acid groups (broad SMARTS) is 1. The quantitative estimate of drug-likeness (QED) is 0.762. The van der Waals surface area contributed by atoms with Crippen molar-refractivity contribution in [3.05, 3.63) is 23.8 Å². The second kappa shape index (κ2) is 5.06. The first-order valence-corrected chi connectivity index (χ1v) is 8.79. The number of ketones is 1. The number of hydrogen-bond acceptors (Lipinski definition) is 2. The molecule has 126 valence electrons. The van der Waals surface area contributed by atoms with Crippen molar-refractivity contribution in [2.75, 3.05) is 0 Å². The Morgan fingerprint density at radius 2 is 1.96 bits per heavy atom. The molecule has 0 heterocycles. The van der Waals surface area contributed by atoms with Crippen LogP contribution in [0.2, 0.25) is 0 Å². The van der Waals surface area contributed by atoms with E-state index in [1.165, 1.54) is 5.57 Å². The minimum atomic E-state index is -0.777. The molecule has 1 fully saturated rings. The average molecular weight is 316 g/mol. The van der Waals surface area contributed by atoms with Gasteiger partial charge < -0.3 is 5.11 Å². The number of rotatable bonds is 2. The summed E-state index contributed by atoms with van der Waals surface area (Å²) in [6.45, 7) is 10.2. The van der Waals surface area contributed by atoms with Crippen LogP contribution in [0.5, 0.6) is 0 Å². The van der Waals surface area contributed by atoms with Crippen LogP contribution < -0.4 is 0 Å². The number of carbonyl (C=O) groups is 2. The highest BCUT2D eigenvalue weighted by molar-refractivity contribution is 5.98. The lowest BCUT2D eigenvalue weighted by molar-refractivity contribution is -0.160. The van der Waals surface area contributed by atoms with Crippen LogP contribution in [-0.4, -0.2) is 16.9 Å². The number of aliphatic carboxylic acids is 1. The van der Waals surface area contributed by atoms with E-state index in [1.807, 2.05) is 13.0 Å². The van der Waals surface area contributed by atoms with Gasteiger partial charge in [-0.15, -0.1) is 6.58 Å². The molecule has 3 nitrogen and oxygen atoms in total. The maximum absolute atomic E-state index is 12.9. The number of carboxylic acids is 1. The molecule has 0 aliphatic heterocycles. The Hall–Kier alpha value is -1.38. The van der Waals surface area contributed by atoms with Crippen molar-refractivity contribution < 1.29 is 14.7 Å². The zero-order chi connectivity index (χ0) is 17.0. The first kappa shape index (κ1) is 16.5. The zero-order valence-corrected chi connectivity index (χ0v) is 14.6. The van der Waals surface area contributed by atoms with Gasteiger partial charge in [-0.2, -0.15) is 0 Å². The summed E-state index contributed by atoms with van der Waals surface area (Å²) >= 11 is 0. The molecule has 0 bridgehead atoms. The van der Waals surface area contributed by atoms with E-state index in [1.54, 1.807) is 0 Å². The lowest BCUT2D eigenvalue weighted by atomic mass is 9.47. The summed E-state index contributed by atoms with van der Waals surface area (Å²) < 4.78 is 0. The van der Waals surface area contributed by atoms with Crippen LogP contribution in [0.4, 0.5) is 0 Å². The molecule has 1 N–H and O–H groups in total. The predicted molar refractivity (Wildman–Crippen MR) is 90.0 cm³/mol. The summed E-state index contributed by atoms with van der Waals surface area (Å²) in [4.78, 5) is 24.8. The Morgan fingerprint density at radius 1 is 1.26 bits per heavy atom. The van der Waals surface area contributed by atoms with Crippen molar-refractivity contribution in [3.63, 3.8) is 0 Å². The molecule has 3 rings (SSSR count). The van der Waals surface area contributed by atoms with E-state index in [0.29, 0.717) is 12.8 Å².